The lowest BCUT2D eigenvalue weighted by Gasteiger charge is -2.01. The van der Waals surface area contributed by atoms with E-state index in [-0.39, 0.29) is 6.04 Å². The summed E-state index contributed by atoms with van der Waals surface area (Å²) >= 11 is 0. The van der Waals surface area contributed by atoms with E-state index in [1.165, 1.54) is 0 Å². The third-order valence-corrected chi connectivity index (χ3v) is 1.27. The monoisotopic (exact) mass is 120 g/mol. The second-order valence-electron chi connectivity index (χ2n) is 2.12. The molecule has 0 unspecified atom stereocenters. The first-order valence-electron chi connectivity index (χ1n) is 3.02. The predicted octanol–water partition coefficient (Wildman–Crippen LogP) is 1.51. The molecule has 0 spiro atoms. The Morgan fingerprint density at radius 3 is 2.33 bits per heavy atom. The Balaban J connectivity index is 2.85. The summed E-state index contributed by atoms with van der Waals surface area (Å²) in [7, 11) is 0. The Hall–Kier alpha value is -0.820. The minimum atomic E-state index is 0.139. The zero-order chi connectivity index (χ0) is 6.69. The van der Waals surface area contributed by atoms with E-state index in [4.69, 9.17) is 5.73 Å². The molecule has 0 bridgehead atoms. The highest BCUT2D eigenvalue weighted by Gasteiger charge is 1.93. The number of hydrogen-bond donors (Lipinski definition) is 1. The van der Waals surface area contributed by atoms with Gasteiger partial charge in [-0.1, -0.05) is 24.3 Å². The zero-order valence-electron chi connectivity index (χ0n) is 5.46. The van der Waals surface area contributed by atoms with Crippen molar-refractivity contribution < 1.29 is 0 Å². The smallest absolute Gasteiger partial charge is 0.0266 e. The van der Waals surface area contributed by atoms with Gasteiger partial charge >= 0.3 is 0 Å². The Morgan fingerprint density at radius 2 is 2.00 bits per heavy atom. The van der Waals surface area contributed by atoms with Crippen molar-refractivity contribution in [2.75, 3.05) is 0 Å². The fraction of sp³-hybridized carbons (Fsp3) is 0.250. The molecule has 0 saturated heterocycles. The lowest BCUT2D eigenvalue weighted by atomic mass is 10.1. The van der Waals surface area contributed by atoms with Gasteiger partial charge in [0.25, 0.3) is 0 Å². The van der Waals surface area contributed by atoms with Crippen LogP contribution in [0.5, 0.6) is 0 Å². The standard InChI is InChI=1S/C8H10N/c1-7(9)8-5-3-2-4-6-8/h3-7H,9H2,1H3/t7-/m0/s1. The van der Waals surface area contributed by atoms with Crippen molar-refractivity contribution in [3.8, 4) is 0 Å². The first kappa shape index (κ1) is 6.30. The molecule has 0 saturated carbocycles. The van der Waals surface area contributed by atoms with Gasteiger partial charge in [0.2, 0.25) is 0 Å². The summed E-state index contributed by atoms with van der Waals surface area (Å²) in [4.78, 5) is 0. The average Bonchev–Trinajstić information content (AvgIpc) is 1.90. The van der Waals surface area contributed by atoms with Gasteiger partial charge in [-0.15, -0.1) is 0 Å². The van der Waals surface area contributed by atoms with Crippen LogP contribution in [0.25, 0.3) is 0 Å². The van der Waals surface area contributed by atoms with Crippen LogP contribution in [-0.4, -0.2) is 0 Å². The van der Waals surface area contributed by atoms with Crippen LogP contribution >= 0.6 is 0 Å². The minimum absolute atomic E-state index is 0.139. The zero-order valence-corrected chi connectivity index (χ0v) is 5.46. The summed E-state index contributed by atoms with van der Waals surface area (Å²) in [6, 6.07) is 10.8. The molecule has 0 aliphatic carbocycles. The highest BCUT2D eigenvalue weighted by molar-refractivity contribution is 5.16. The van der Waals surface area contributed by atoms with Gasteiger partial charge in [-0.05, 0) is 18.6 Å². The van der Waals surface area contributed by atoms with E-state index in [9.17, 15) is 0 Å². The molecular formula is C8H10N. The van der Waals surface area contributed by atoms with Gasteiger partial charge in [0, 0.05) is 6.04 Å². The van der Waals surface area contributed by atoms with Crippen LogP contribution in [0.4, 0.5) is 0 Å². The molecule has 9 heavy (non-hydrogen) atoms. The molecule has 47 valence electrons. The van der Waals surface area contributed by atoms with Gasteiger partial charge in [0.05, 0.1) is 0 Å². The van der Waals surface area contributed by atoms with E-state index in [1.54, 1.807) is 0 Å². The topological polar surface area (TPSA) is 26.0 Å². The van der Waals surface area contributed by atoms with Crippen LogP contribution < -0.4 is 5.73 Å². The molecule has 0 aromatic heterocycles. The van der Waals surface area contributed by atoms with Crippen molar-refractivity contribution in [3.63, 3.8) is 0 Å². The van der Waals surface area contributed by atoms with Gasteiger partial charge in [0.15, 0.2) is 0 Å². The largest absolute Gasteiger partial charge is 0.324 e. The van der Waals surface area contributed by atoms with E-state index in [1.807, 2.05) is 31.2 Å². The maximum absolute atomic E-state index is 5.60. The van der Waals surface area contributed by atoms with E-state index in [0.29, 0.717) is 0 Å². The molecule has 1 rings (SSSR count). The van der Waals surface area contributed by atoms with Crippen LogP contribution in [0.1, 0.15) is 18.5 Å². The summed E-state index contributed by atoms with van der Waals surface area (Å²) in [5.74, 6) is 0. The van der Waals surface area contributed by atoms with Crippen LogP contribution in [0, 0.1) is 6.07 Å². The molecule has 1 nitrogen and oxygen atoms in total. The highest BCUT2D eigenvalue weighted by atomic mass is 14.6. The van der Waals surface area contributed by atoms with Crippen molar-refractivity contribution in [1.82, 2.24) is 0 Å². The van der Waals surface area contributed by atoms with Crippen LogP contribution in [-0.2, 0) is 0 Å². The van der Waals surface area contributed by atoms with Crippen LogP contribution in [0.2, 0.25) is 0 Å². The lowest BCUT2D eigenvalue weighted by Crippen LogP contribution is -2.03. The highest BCUT2D eigenvalue weighted by Crippen LogP contribution is 2.06. The van der Waals surface area contributed by atoms with Crippen LogP contribution in [0.3, 0.4) is 0 Å². The van der Waals surface area contributed by atoms with Crippen molar-refractivity contribution in [2.24, 2.45) is 5.73 Å². The summed E-state index contributed by atoms with van der Waals surface area (Å²) in [5, 5.41) is 0. The Bertz CT molecular complexity index is 167. The molecule has 0 aliphatic rings. The van der Waals surface area contributed by atoms with Crippen molar-refractivity contribution in [1.29, 1.82) is 0 Å². The predicted molar refractivity (Wildman–Crippen MR) is 37.9 cm³/mol. The summed E-state index contributed by atoms with van der Waals surface area (Å²) in [6.07, 6.45) is 0. The van der Waals surface area contributed by atoms with E-state index in [2.05, 4.69) is 6.07 Å². The first-order chi connectivity index (χ1) is 4.30. The molecule has 0 heterocycles. The molecule has 1 aromatic carbocycles. The number of hydrogen-bond acceptors (Lipinski definition) is 1. The summed E-state index contributed by atoms with van der Waals surface area (Å²) < 4.78 is 0. The molecule has 1 heteroatoms. The van der Waals surface area contributed by atoms with Gasteiger partial charge in [0.1, 0.15) is 0 Å². The van der Waals surface area contributed by atoms with E-state index < -0.39 is 0 Å². The lowest BCUT2D eigenvalue weighted by molar-refractivity contribution is 0.818. The Kier molecular flexibility index (Phi) is 1.85. The Morgan fingerprint density at radius 1 is 1.44 bits per heavy atom. The number of benzene rings is 1. The van der Waals surface area contributed by atoms with Crippen LogP contribution in [0.15, 0.2) is 24.3 Å². The summed E-state index contributed by atoms with van der Waals surface area (Å²) in [5.41, 5.74) is 6.76. The SMILES string of the molecule is C[C@H](N)c1cc[c]cc1. The maximum atomic E-state index is 5.60. The molecule has 2 N–H and O–H groups in total. The molecular weight excluding hydrogens is 110 g/mol. The maximum Gasteiger partial charge on any atom is 0.0266 e. The van der Waals surface area contributed by atoms with Gasteiger partial charge in [-0.3, -0.25) is 0 Å². The number of nitrogens with two attached hydrogens (primary N) is 1. The minimum Gasteiger partial charge on any atom is -0.324 e. The van der Waals surface area contributed by atoms with Crippen molar-refractivity contribution >= 4 is 0 Å². The molecule has 0 aliphatic heterocycles. The first-order valence-corrected chi connectivity index (χ1v) is 3.02. The quantitative estimate of drug-likeness (QED) is 0.597. The van der Waals surface area contributed by atoms with Crippen molar-refractivity contribution in [2.45, 2.75) is 13.0 Å². The van der Waals surface area contributed by atoms with Gasteiger partial charge in [-0.25, -0.2) is 0 Å². The fourth-order valence-corrected chi connectivity index (χ4v) is 0.703. The third-order valence-electron chi connectivity index (χ3n) is 1.27. The second kappa shape index (κ2) is 2.65. The van der Waals surface area contributed by atoms with Gasteiger partial charge < -0.3 is 5.73 Å². The molecule has 0 fully saturated rings. The molecule has 1 atom stereocenters. The van der Waals surface area contributed by atoms with E-state index >= 15 is 0 Å². The average molecular weight is 120 g/mol. The number of rotatable bonds is 1. The second-order valence-corrected chi connectivity index (χ2v) is 2.12. The third kappa shape index (κ3) is 1.54. The van der Waals surface area contributed by atoms with Crippen molar-refractivity contribution in [3.05, 3.63) is 35.9 Å². The van der Waals surface area contributed by atoms with E-state index in [0.717, 1.165) is 5.56 Å². The summed E-state index contributed by atoms with van der Waals surface area (Å²) in [6.45, 7) is 1.97. The fourth-order valence-electron chi connectivity index (χ4n) is 0.703. The van der Waals surface area contributed by atoms with Gasteiger partial charge in [-0.2, -0.15) is 0 Å². The molecule has 0 amide bonds. The molecule has 1 aromatic rings. The Labute approximate surface area is 55.5 Å². The molecule has 1 radical (unpaired) electrons. The normalized spacial score (nSPS) is 13.1.